The van der Waals surface area contributed by atoms with Crippen LogP contribution in [-0.2, 0) is 16.1 Å². The van der Waals surface area contributed by atoms with Crippen LogP contribution in [0.25, 0.3) is 0 Å². The minimum Gasteiger partial charge on any atom is -0.465 e. The van der Waals surface area contributed by atoms with Gasteiger partial charge in [0.05, 0.1) is 12.2 Å². The molecule has 2 aromatic carbocycles. The SMILES string of the molecule is CC(C)(C)N(C(=O)O)C1(C(=O)N[C@@H]2CC(=O)c3ccccc3N(Cc3ccc(OC(F)(F)F)cc3)C2=O)CC1. The highest BCUT2D eigenvalue weighted by Gasteiger charge is 2.60. The Labute approximate surface area is 222 Å². The fraction of sp³-hybridized carbons (Fsp3) is 0.407. The fourth-order valence-corrected chi connectivity index (χ4v) is 4.96. The summed E-state index contributed by atoms with van der Waals surface area (Å²) >= 11 is 0. The number of alkyl halides is 3. The molecule has 0 spiro atoms. The molecule has 1 atom stereocenters. The van der Waals surface area contributed by atoms with E-state index in [1.165, 1.54) is 17.0 Å². The topological polar surface area (TPSA) is 116 Å². The Kier molecular flexibility index (Phi) is 7.09. The second-order valence-corrected chi connectivity index (χ2v) is 10.6. The van der Waals surface area contributed by atoms with Gasteiger partial charge in [0.1, 0.15) is 17.3 Å². The molecule has 1 saturated carbocycles. The van der Waals surface area contributed by atoms with E-state index in [2.05, 4.69) is 10.1 Å². The van der Waals surface area contributed by atoms with E-state index in [9.17, 15) is 37.5 Å². The van der Waals surface area contributed by atoms with Gasteiger partial charge in [0.25, 0.3) is 0 Å². The third-order valence-corrected chi connectivity index (χ3v) is 6.69. The Bertz CT molecular complexity index is 1300. The standard InChI is InChI=1S/C27H28F3N3O6/c1-25(2,3)33(24(37)38)26(12-13-26)23(36)31-19-14-21(34)18-6-4-5-7-20(18)32(22(19)35)15-16-8-10-17(11-9-16)39-27(28,29)30/h4-11,19H,12-15H2,1-3H3,(H,31,36)(H,37,38)/t19-/m1/s1. The summed E-state index contributed by atoms with van der Waals surface area (Å²) in [6.45, 7) is 4.89. The Balaban J connectivity index is 1.62. The van der Waals surface area contributed by atoms with Crippen LogP contribution in [0, 0.1) is 0 Å². The normalized spacial score (nSPS) is 18.6. The van der Waals surface area contributed by atoms with Crippen LogP contribution in [0.5, 0.6) is 5.75 Å². The number of carboxylic acid groups (broad SMARTS) is 1. The maximum atomic E-state index is 13.8. The number of hydrogen-bond acceptors (Lipinski definition) is 5. The molecule has 0 radical (unpaired) electrons. The lowest BCUT2D eigenvalue weighted by atomic mass is 10.0. The summed E-state index contributed by atoms with van der Waals surface area (Å²) in [6, 6.07) is 10.1. The molecule has 0 bridgehead atoms. The van der Waals surface area contributed by atoms with E-state index in [1.807, 2.05) is 0 Å². The lowest BCUT2D eigenvalue weighted by Gasteiger charge is -2.39. The lowest BCUT2D eigenvalue weighted by molar-refractivity contribution is -0.274. The van der Waals surface area contributed by atoms with Gasteiger partial charge in [-0.15, -0.1) is 13.2 Å². The van der Waals surface area contributed by atoms with Gasteiger partial charge in [0.2, 0.25) is 11.8 Å². The minimum absolute atomic E-state index is 0.101. The van der Waals surface area contributed by atoms with Crippen molar-refractivity contribution in [2.45, 2.75) is 70.1 Å². The molecule has 1 heterocycles. The number of Topliss-reactive ketones (excluding diaryl/α,β-unsaturated/α-hetero) is 1. The van der Waals surface area contributed by atoms with Crippen molar-refractivity contribution < 1.29 is 42.2 Å². The van der Waals surface area contributed by atoms with Gasteiger partial charge in [0, 0.05) is 17.5 Å². The first-order valence-corrected chi connectivity index (χ1v) is 12.2. The van der Waals surface area contributed by atoms with Crippen LogP contribution < -0.4 is 15.0 Å². The van der Waals surface area contributed by atoms with E-state index in [-0.39, 0.29) is 31.4 Å². The second kappa shape index (κ2) is 9.90. The van der Waals surface area contributed by atoms with Crippen LogP contribution in [0.1, 0.15) is 56.0 Å². The average molecular weight is 548 g/mol. The number of ketones is 1. The van der Waals surface area contributed by atoms with E-state index in [4.69, 9.17) is 0 Å². The first kappa shape index (κ1) is 27.9. The van der Waals surface area contributed by atoms with E-state index in [1.54, 1.807) is 45.0 Å². The molecule has 0 aromatic heterocycles. The summed E-state index contributed by atoms with van der Waals surface area (Å²) in [4.78, 5) is 54.7. The quantitative estimate of drug-likeness (QED) is 0.550. The summed E-state index contributed by atoms with van der Waals surface area (Å²) < 4.78 is 41.5. The largest absolute Gasteiger partial charge is 0.573 e. The molecule has 1 aliphatic carbocycles. The molecular formula is C27H28F3N3O6. The van der Waals surface area contributed by atoms with Gasteiger partial charge < -0.3 is 20.1 Å². The Hall–Kier alpha value is -4.09. The van der Waals surface area contributed by atoms with Gasteiger partial charge >= 0.3 is 12.5 Å². The number of halogens is 3. The van der Waals surface area contributed by atoms with E-state index in [0.29, 0.717) is 11.3 Å². The van der Waals surface area contributed by atoms with Crippen molar-refractivity contribution in [2.24, 2.45) is 0 Å². The molecular weight excluding hydrogens is 519 g/mol. The van der Waals surface area contributed by atoms with Gasteiger partial charge in [-0.25, -0.2) is 4.79 Å². The zero-order chi connectivity index (χ0) is 28.8. The monoisotopic (exact) mass is 547 g/mol. The molecule has 39 heavy (non-hydrogen) atoms. The smallest absolute Gasteiger partial charge is 0.465 e. The molecule has 1 aliphatic heterocycles. The van der Waals surface area contributed by atoms with Crippen molar-refractivity contribution in [1.82, 2.24) is 10.2 Å². The predicted octanol–water partition coefficient (Wildman–Crippen LogP) is 4.50. The molecule has 2 aromatic rings. The molecule has 12 heteroatoms. The first-order chi connectivity index (χ1) is 18.1. The van der Waals surface area contributed by atoms with Crippen LogP contribution >= 0.6 is 0 Å². The van der Waals surface area contributed by atoms with Crippen molar-refractivity contribution in [1.29, 1.82) is 0 Å². The number of rotatable bonds is 6. The van der Waals surface area contributed by atoms with Crippen molar-refractivity contribution in [3.8, 4) is 5.75 Å². The minimum atomic E-state index is -4.85. The molecule has 9 nitrogen and oxygen atoms in total. The maximum Gasteiger partial charge on any atom is 0.573 e. The van der Waals surface area contributed by atoms with Crippen LogP contribution in [-0.4, -0.2) is 57.2 Å². The van der Waals surface area contributed by atoms with Gasteiger partial charge in [-0.1, -0.05) is 24.3 Å². The number of para-hydroxylation sites is 1. The number of benzene rings is 2. The zero-order valence-electron chi connectivity index (χ0n) is 21.5. The van der Waals surface area contributed by atoms with Crippen molar-refractivity contribution >= 4 is 29.4 Å². The summed E-state index contributed by atoms with van der Waals surface area (Å²) in [7, 11) is 0. The highest BCUT2D eigenvalue weighted by molar-refractivity contribution is 6.13. The lowest BCUT2D eigenvalue weighted by Crippen LogP contribution is -2.61. The number of anilines is 1. The van der Waals surface area contributed by atoms with Crippen LogP contribution in [0.2, 0.25) is 0 Å². The Morgan fingerprint density at radius 2 is 1.69 bits per heavy atom. The summed E-state index contributed by atoms with van der Waals surface area (Å²) in [6.07, 6.45) is -5.92. The number of nitrogens with one attached hydrogen (secondary N) is 1. The predicted molar refractivity (Wildman–Crippen MR) is 133 cm³/mol. The number of hydrogen-bond donors (Lipinski definition) is 2. The third-order valence-electron chi connectivity index (χ3n) is 6.69. The van der Waals surface area contributed by atoms with Gasteiger partial charge in [-0.05, 0) is 63.4 Å². The van der Waals surface area contributed by atoms with Crippen LogP contribution in [0.15, 0.2) is 48.5 Å². The highest BCUT2D eigenvalue weighted by atomic mass is 19.4. The van der Waals surface area contributed by atoms with Crippen LogP contribution in [0.3, 0.4) is 0 Å². The Morgan fingerprint density at radius 1 is 1.08 bits per heavy atom. The molecule has 0 unspecified atom stereocenters. The number of ether oxygens (including phenoxy) is 1. The van der Waals surface area contributed by atoms with Crippen molar-refractivity contribution in [3.63, 3.8) is 0 Å². The molecule has 4 rings (SSSR count). The van der Waals surface area contributed by atoms with Crippen LogP contribution in [0.4, 0.5) is 23.7 Å². The van der Waals surface area contributed by atoms with E-state index < -0.39 is 52.9 Å². The van der Waals surface area contributed by atoms with Crippen molar-refractivity contribution in [2.75, 3.05) is 4.90 Å². The summed E-state index contributed by atoms with van der Waals surface area (Å²) in [5.74, 6) is -2.08. The highest BCUT2D eigenvalue weighted by Crippen LogP contribution is 2.46. The third kappa shape index (κ3) is 5.84. The molecule has 2 aliphatic rings. The summed E-state index contributed by atoms with van der Waals surface area (Å²) in [5, 5.41) is 12.5. The van der Waals surface area contributed by atoms with E-state index >= 15 is 0 Å². The number of carbonyl (C=O) groups is 4. The number of nitrogens with zero attached hydrogens (tertiary/aromatic N) is 2. The average Bonchev–Trinajstić information content (AvgIpc) is 3.62. The fourth-order valence-electron chi connectivity index (χ4n) is 4.96. The number of fused-ring (bicyclic) bond motifs is 1. The van der Waals surface area contributed by atoms with Gasteiger partial charge in [0.15, 0.2) is 5.78 Å². The molecule has 3 amide bonds. The first-order valence-electron chi connectivity index (χ1n) is 12.2. The second-order valence-electron chi connectivity index (χ2n) is 10.6. The zero-order valence-corrected chi connectivity index (χ0v) is 21.5. The molecule has 208 valence electrons. The van der Waals surface area contributed by atoms with E-state index in [0.717, 1.165) is 17.0 Å². The Morgan fingerprint density at radius 3 is 2.23 bits per heavy atom. The molecule has 1 fully saturated rings. The summed E-state index contributed by atoms with van der Waals surface area (Å²) in [5.41, 5.74) is -1.25. The van der Waals surface area contributed by atoms with Crippen molar-refractivity contribution in [3.05, 3.63) is 59.7 Å². The number of amides is 3. The molecule has 0 saturated heterocycles. The molecule has 2 N–H and O–H groups in total. The van der Waals surface area contributed by atoms with Gasteiger partial charge in [-0.2, -0.15) is 0 Å². The number of carbonyl (C=O) groups excluding carboxylic acids is 3. The van der Waals surface area contributed by atoms with Gasteiger partial charge in [-0.3, -0.25) is 19.3 Å². The maximum absolute atomic E-state index is 13.8.